The number of carbonyl (C=O) groups is 1. The first-order chi connectivity index (χ1) is 9.74. The van der Waals surface area contributed by atoms with E-state index in [0.29, 0.717) is 6.54 Å². The van der Waals surface area contributed by atoms with E-state index in [1.807, 2.05) is 6.07 Å². The molecule has 1 N–H and O–H groups in total. The van der Waals surface area contributed by atoms with E-state index < -0.39 is 0 Å². The Labute approximate surface area is 122 Å². The van der Waals surface area contributed by atoms with Crippen LogP contribution in [0.4, 0.5) is 0 Å². The third-order valence-corrected chi connectivity index (χ3v) is 3.92. The fourth-order valence-electron chi connectivity index (χ4n) is 2.85. The van der Waals surface area contributed by atoms with E-state index in [1.54, 1.807) is 0 Å². The lowest BCUT2D eigenvalue weighted by atomic mass is 10.0. The summed E-state index contributed by atoms with van der Waals surface area (Å²) in [5.74, 6) is 0.904. The van der Waals surface area contributed by atoms with Crippen LogP contribution in [0.25, 0.3) is 0 Å². The standard InChI is InChI=1S/C17H26N2O/c1-15-7-6-12-19(13-15)14-17(20)18-11-5-10-16-8-3-2-4-9-16/h2-4,8-9,15H,5-7,10-14H2,1H3,(H,18,20)/t15-/m0/s1. The van der Waals surface area contributed by atoms with Crippen LogP contribution in [0, 0.1) is 5.92 Å². The summed E-state index contributed by atoms with van der Waals surface area (Å²) in [5.41, 5.74) is 1.34. The van der Waals surface area contributed by atoms with Crippen molar-refractivity contribution in [3.63, 3.8) is 0 Å². The van der Waals surface area contributed by atoms with E-state index in [4.69, 9.17) is 0 Å². The Bertz CT molecular complexity index is 405. The van der Waals surface area contributed by atoms with Crippen LogP contribution in [0.3, 0.4) is 0 Å². The predicted octanol–water partition coefficient (Wildman–Crippen LogP) is 2.47. The molecule has 1 heterocycles. The van der Waals surface area contributed by atoms with E-state index in [0.717, 1.165) is 38.4 Å². The van der Waals surface area contributed by atoms with Gasteiger partial charge in [0.05, 0.1) is 6.54 Å². The highest BCUT2D eigenvalue weighted by molar-refractivity contribution is 5.77. The third kappa shape index (κ3) is 5.33. The smallest absolute Gasteiger partial charge is 0.234 e. The summed E-state index contributed by atoms with van der Waals surface area (Å²) < 4.78 is 0. The zero-order valence-corrected chi connectivity index (χ0v) is 12.5. The number of rotatable bonds is 6. The lowest BCUT2D eigenvalue weighted by Crippen LogP contribution is -2.42. The van der Waals surface area contributed by atoms with Crippen LogP contribution >= 0.6 is 0 Å². The summed E-state index contributed by atoms with van der Waals surface area (Å²) in [6.45, 7) is 5.75. The number of likely N-dealkylation sites (tertiary alicyclic amines) is 1. The highest BCUT2D eigenvalue weighted by Gasteiger charge is 2.18. The van der Waals surface area contributed by atoms with Crippen LogP contribution in [0.2, 0.25) is 0 Å². The van der Waals surface area contributed by atoms with Crippen molar-refractivity contribution in [3.05, 3.63) is 35.9 Å². The highest BCUT2D eigenvalue weighted by Crippen LogP contribution is 2.14. The van der Waals surface area contributed by atoms with Gasteiger partial charge in [-0.1, -0.05) is 37.3 Å². The molecule has 1 aromatic carbocycles. The molecular formula is C17H26N2O. The summed E-state index contributed by atoms with van der Waals surface area (Å²) in [6, 6.07) is 10.4. The van der Waals surface area contributed by atoms with Crippen LogP contribution in [0.5, 0.6) is 0 Å². The van der Waals surface area contributed by atoms with E-state index in [1.165, 1.54) is 18.4 Å². The van der Waals surface area contributed by atoms with Gasteiger partial charge >= 0.3 is 0 Å². The third-order valence-electron chi connectivity index (χ3n) is 3.92. The molecule has 1 fully saturated rings. The van der Waals surface area contributed by atoms with E-state index in [2.05, 4.69) is 41.4 Å². The normalized spacial score (nSPS) is 19.8. The molecule has 1 amide bonds. The topological polar surface area (TPSA) is 32.3 Å². The molecule has 20 heavy (non-hydrogen) atoms. The van der Waals surface area contributed by atoms with E-state index in [-0.39, 0.29) is 5.91 Å². The first-order valence-electron chi connectivity index (χ1n) is 7.77. The van der Waals surface area contributed by atoms with Crippen LogP contribution in [0.15, 0.2) is 30.3 Å². The molecule has 0 spiro atoms. The maximum Gasteiger partial charge on any atom is 0.234 e. The average molecular weight is 274 g/mol. The number of carbonyl (C=O) groups excluding carboxylic acids is 1. The molecule has 110 valence electrons. The second kappa shape index (κ2) is 8.05. The summed E-state index contributed by atoms with van der Waals surface area (Å²) in [6.07, 6.45) is 4.56. The second-order valence-corrected chi connectivity index (χ2v) is 5.92. The number of nitrogens with one attached hydrogen (secondary N) is 1. The van der Waals surface area contributed by atoms with Gasteiger partial charge in [-0.05, 0) is 43.7 Å². The Balaban J connectivity index is 1.58. The molecule has 0 bridgehead atoms. The van der Waals surface area contributed by atoms with Gasteiger partial charge in [-0.25, -0.2) is 0 Å². The van der Waals surface area contributed by atoms with Crippen molar-refractivity contribution in [1.29, 1.82) is 0 Å². The minimum absolute atomic E-state index is 0.173. The van der Waals surface area contributed by atoms with Crippen LogP contribution in [0.1, 0.15) is 31.7 Å². The molecule has 1 aromatic rings. The van der Waals surface area contributed by atoms with E-state index in [9.17, 15) is 4.79 Å². The second-order valence-electron chi connectivity index (χ2n) is 5.92. The Kier molecular flexibility index (Phi) is 6.06. The molecule has 0 aromatic heterocycles. The van der Waals surface area contributed by atoms with Gasteiger partial charge in [-0.3, -0.25) is 9.69 Å². The molecule has 0 radical (unpaired) electrons. The van der Waals surface area contributed by atoms with Crippen molar-refractivity contribution in [1.82, 2.24) is 10.2 Å². The molecule has 0 saturated carbocycles. The monoisotopic (exact) mass is 274 g/mol. The van der Waals surface area contributed by atoms with Crippen molar-refractivity contribution in [3.8, 4) is 0 Å². The number of aryl methyl sites for hydroxylation is 1. The van der Waals surface area contributed by atoms with Crippen LogP contribution < -0.4 is 5.32 Å². The van der Waals surface area contributed by atoms with Gasteiger partial charge in [0.25, 0.3) is 0 Å². The summed E-state index contributed by atoms with van der Waals surface area (Å²) in [5, 5.41) is 3.03. The molecule has 1 aliphatic heterocycles. The number of hydrogen-bond donors (Lipinski definition) is 1. The van der Waals surface area contributed by atoms with E-state index >= 15 is 0 Å². The van der Waals surface area contributed by atoms with Gasteiger partial charge in [0.1, 0.15) is 0 Å². The Morgan fingerprint density at radius 1 is 1.35 bits per heavy atom. The lowest BCUT2D eigenvalue weighted by Gasteiger charge is -2.30. The van der Waals surface area contributed by atoms with Gasteiger partial charge in [-0.2, -0.15) is 0 Å². The zero-order chi connectivity index (χ0) is 14.2. The van der Waals surface area contributed by atoms with Crippen LogP contribution in [-0.4, -0.2) is 37.0 Å². The van der Waals surface area contributed by atoms with Crippen LogP contribution in [-0.2, 0) is 11.2 Å². The van der Waals surface area contributed by atoms with Gasteiger partial charge < -0.3 is 5.32 Å². The molecule has 0 aliphatic carbocycles. The highest BCUT2D eigenvalue weighted by atomic mass is 16.2. The van der Waals surface area contributed by atoms with Crippen molar-refractivity contribution in [2.24, 2.45) is 5.92 Å². The zero-order valence-electron chi connectivity index (χ0n) is 12.5. The Morgan fingerprint density at radius 2 is 2.15 bits per heavy atom. The molecule has 3 nitrogen and oxygen atoms in total. The molecule has 0 unspecified atom stereocenters. The number of benzene rings is 1. The van der Waals surface area contributed by atoms with Gasteiger partial charge in [0.2, 0.25) is 5.91 Å². The molecule has 1 saturated heterocycles. The van der Waals surface area contributed by atoms with Gasteiger partial charge in [-0.15, -0.1) is 0 Å². The average Bonchev–Trinajstić information content (AvgIpc) is 2.45. The molecule has 1 aliphatic rings. The van der Waals surface area contributed by atoms with Crippen molar-refractivity contribution in [2.45, 2.75) is 32.6 Å². The largest absolute Gasteiger partial charge is 0.355 e. The Morgan fingerprint density at radius 3 is 2.90 bits per heavy atom. The quantitative estimate of drug-likeness (QED) is 0.808. The number of hydrogen-bond acceptors (Lipinski definition) is 2. The van der Waals surface area contributed by atoms with Crippen molar-refractivity contribution >= 4 is 5.91 Å². The number of nitrogens with zero attached hydrogens (tertiary/aromatic N) is 1. The first-order valence-corrected chi connectivity index (χ1v) is 7.77. The maximum atomic E-state index is 11.9. The SMILES string of the molecule is C[C@H]1CCCN(CC(=O)NCCCc2ccccc2)C1. The van der Waals surface area contributed by atoms with Crippen molar-refractivity contribution in [2.75, 3.05) is 26.2 Å². The minimum atomic E-state index is 0.173. The maximum absolute atomic E-state index is 11.9. The molecule has 1 atom stereocenters. The number of piperidine rings is 1. The first kappa shape index (κ1) is 15.0. The predicted molar refractivity (Wildman–Crippen MR) is 82.6 cm³/mol. The van der Waals surface area contributed by atoms with Gasteiger partial charge in [0, 0.05) is 13.1 Å². The fraction of sp³-hybridized carbons (Fsp3) is 0.588. The van der Waals surface area contributed by atoms with Crippen molar-refractivity contribution < 1.29 is 4.79 Å². The molecule has 2 rings (SSSR count). The van der Waals surface area contributed by atoms with Gasteiger partial charge in [0.15, 0.2) is 0 Å². The summed E-state index contributed by atoms with van der Waals surface area (Å²) >= 11 is 0. The number of amides is 1. The lowest BCUT2D eigenvalue weighted by molar-refractivity contribution is -0.122. The fourth-order valence-corrected chi connectivity index (χ4v) is 2.85. The summed E-state index contributed by atoms with van der Waals surface area (Å²) in [7, 11) is 0. The Hall–Kier alpha value is -1.35. The summed E-state index contributed by atoms with van der Waals surface area (Å²) in [4.78, 5) is 14.2. The molecular weight excluding hydrogens is 248 g/mol. The minimum Gasteiger partial charge on any atom is -0.355 e. The molecule has 3 heteroatoms.